The first-order chi connectivity index (χ1) is 8.66. The molecule has 0 bridgehead atoms. The van der Waals surface area contributed by atoms with Gasteiger partial charge in [0.1, 0.15) is 5.82 Å². The quantitative estimate of drug-likeness (QED) is 0.902. The fraction of sp³-hybridized carbons (Fsp3) is 0.571. The van der Waals surface area contributed by atoms with Crippen LogP contribution in [0.25, 0.3) is 0 Å². The molecule has 0 aliphatic carbocycles. The van der Waals surface area contributed by atoms with Crippen molar-refractivity contribution in [3.05, 3.63) is 34.6 Å². The summed E-state index contributed by atoms with van der Waals surface area (Å²) in [5.41, 5.74) is 0.997. The predicted molar refractivity (Wildman–Crippen MR) is 71.4 cm³/mol. The van der Waals surface area contributed by atoms with Crippen LogP contribution >= 0.6 is 11.6 Å². The van der Waals surface area contributed by atoms with Crippen LogP contribution in [-0.4, -0.2) is 19.3 Å². The Morgan fingerprint density at radius 1 is 1.50 bits per heavy atom. The SMILES string of the molecule is CC(NCC1CCCCO1)c1ccc(F)c(Cl)c1. The van der Waals surface area contributed by atoms with Crippen LogP contribution in [0.3, 0.4) is 0 Å². The summed E-state index contributed by atoms with van der Waals surface area (Å²) >= 11 is 5.78. The van der Waals surface area contributed by atoms with Gasteiger partial charge in [-0.2, -0.15) is 0 Å². The molecular formula is C14H19ClFNO. The van der Waals surface area contributed by atoms with Crippen LogP contribution in [0.4, 0.5) is 4.39 Å². The monoisotopic (exact) mass is 271 g/mol. The first-order valence-corrected chi connectivity index (χ1v) is 6.84. The highest BCUT2D eigenvalue weighted by atomic mass is 35.5. The number of halogens is 2. The Labute approximate surface area is 112 Å². The van der Waals surface area contributed by atoms with E-state index >= 15 is 0 Å². The van der Waals surface area contributed by atoms with Crippen molar-refractivity contribution in [3.8, 4) is 0 Å². The molecule has 100 valence electrons. The van der Waals surface area contributed by atoms with E-state index in [2.05, 4.69) is 5.32 Å². The minimum atomic E-state index is -0.372. The topological polar surface area (TPSA) is 21.3 Å². The zero-order chi connectivity index (χ0) is 13.0. The third-order valence-corrected chi connectivity index (χ3v) is 3.66. The summed E-state index contributed by atoms with van der Waals surface area (Å²) in [6.07, 6.45) is 3.82. The molecule has 1 N–H and O–H groups in total. The highest BCUT2D eigenvalue weighted by molar-refractivity contribution is 6.30. The van der Waals surface area contributed by atoms with E-state index in [0.29, 0.717) is 6.10 Å². The molecule has 18 heavy (non-hydrogen) atoms. The third kappa shape index (κ3) is 3.67. The van der Waals surface area contributed by atoms with Crippen LogP contribution in [-0.2, 0) is 4.74 Å². The Hall–Kier alpha value is -0.640. The van der Waals surface area contributed by atoms with Crippen molar-refractivity contribution in [1.29, 1.82) is 0 Å². The number of ether oxygens (including phenoxy) is 1. The number of nitrogens with one attached hydrogen (secondary N) is 1. The standard InChI is InChI=1S/C14H19ClFNO/c1-10(11-5-6-14(16)13(15)8-11)17-9-12-4-2-3-7-18-12/h5-6,8,10,12,17H,2-4,7,9H2,1H3. The Morgan fingerprint density at radius 2 is 2.33 bits per heavy atom. The average Bonchev–Trinajstić information content (AvgIpc) is 2.40. The maximum atomic E-state index is 13.1. The van der Waals surface area contributed by atoms with Gasteiger partial charge in [-0.15, -0.1) is 0 Å². The second kappa shape index (κ2) is 6.50. The Morgan fingerprint density at radius 3 is 3.00 bits per heavy atom. The zero-order valence-electron chi connectivity index (χ0n) is 10.6. The molecule has 1 aliphatic heterocycles. The predicted octanol–water partition coefficient (Wildman–Crippen LogP) is 3.70. The van der Waals surface area contributed by atoms with Gasteiger partial charge in [-0.25, -0.2) is 4.39 Å². The molecule has 0 aromatic heterocycles. The Bertz CT molecular complexity index is 393. The molecule has 2 unspecified atom stereocenters. The molecule has 1 aliphatic rings. The Balaban J connectivity index is 1.86. The van der Waals surface area contributed by atoms with Gasteiger partial charge in [0.25, 0.3) is 0 Å². The van der Waals surface area contributed by atoms with Crippen molar-refractivity contribution < 1.29 is 9.13 Å². The van der Waals surface area contributed by atoms with E-state index in [-0.39, 0.29) is 16.9 Å². The summed E-state index contributed by atoms with van der Waals surface area (Å²) in [6.45, 7) is 3.74. The average molecular weight is 272 g/mol. The highest BCUT2D eigenvalue weighted by Crippen LogP contribution is 2.21. The molecule has 0 amide bonds. The molecule has 2 rings (SSSR count). The van der Waals surface area contributed by atoms with E-state index in [4.69, 9.17) is 16.3 Å². The maximum absolute atomic E-state index is 13.1. The van der Waals surface area contributed by atoms with Gasteiger partial charge in [0.2, 0.25) is 0 Å². The van der Waals surface area contributed by atoms with Crippen LogP contribution in [0.2, 0.25) is 5.02 Å². The van der Waals surface area contributed by atoms with E-state index < -0.39 is 0 Å². The minimum Gasteiger partial charge on any atom is -0.377 e. The minimum absolute atomic E-state index is 0.147. The van der Waals surface area contributed by atoms with Gasteiger partial charge in [-0.05, 0) is 43.9 Å². The van der Waals surface area contributed by atoms with Crippen LogP contribution in [0.15, 0.2) is 18.2 Å². The molecule has 0 radical (unpaired) electrons. The maximum Gasteiger partial charge on any atom is 0.141 e. The van der Waals surface area contributed by atoms with Gasteiger partial charge in [-0.1, -0.05) is 17.7 Å². The van der Waals surface area contributed by atoms with E-state index in [1.165, 1.54) is 18.9 Å². The first-order valence-electron chi connectivity index (χ1n) is 6.47. The number of hydrogen-bond donors (Lipinski definition) is 1. The van der Waals surface area contributed by atoms with Crippen LogP contribution < -0.4 is 5.32 Å². The molecule has 1 heterocycles. The largest absolute Gasteiger partial charge is 0.377 e. The lowest BCUT2D eigenvalue weighted by Crippen LogP contribution is -2.33. The molecule has 0 saturated carbocycles. The van der Waals surface area contributed by atoms with Gasteiger partial charge < -0.3 is 10.1 Å². The lowest BCUT2D eigenvalue weighted by Gasteiger charge is -2.25. The van der Waals surface area contributed by atoms with Crippen LogP contribution in [0.5, 0.6) is 0 Å². The third-order valence-electron chi connectivity index (χ3n) is 3.37. The zero-order valence-corrected chi connectivity index (χ0v) is 11.3. The molecular weight excluding hydrogens is 253 g/mol. The fourth-order valence-electron chi connectivity index (χ4n) is 2.18. The summed E-state index contributed by atoms with van der Waals surface area (Å²) in [5, 5.41) is 3.59. The second-order valence-electron chi connectivity index (χ2n) is 4.79. The first kappa shape index (κ1) is 13.8. The van der Waals surface area contributed by atoms with Crippen molar-refractivity contribution in [2.75, 3.05) is 13.2 Å². The molecule has 1 fully saturated rings. The normalized spacial score (nSPS) is 21.8. The summed E-state index contributed by atoms with van der Waals surface area (Å²) in [4.78, 5) is 0. The fourth-order valence-corrected chi connectivity index (χ4v) is 2.37. The van der Waals surface area contributed by atoms with Gasteiger partial charge >= 0.3 is 0 Å². The molecule has 4 heteroatoms. The van der Waals surface area contributed by atoms with Crippen LogP contribution in [0, 0.1) is 5.82 Å². The highest BCUT2D eigenvalue weighted by Gasteiger charge is 2.15. The van der Waals surface area contributed by atoms with Gasteiger partial charge in [-0.3, -0.25) is 0 Å². The number of hydrogen-bond acceptors (Lipinski definition) is 2. The van der Waals surface area contributed by atoms with E-state index in [9.17, 15) is 4.39 Å². The summed E-state index contributed by atoms with van der Waals surface area (Å²) in [5.74, 6) is -0.372. The van der Waals surface area contributed by atoms with Crippen molar-refractivity contribution in [1.82, 2.24) is 5.32 Å². The molecule has 1 aromatic rings. The van der Waals surface area contributed by atoms with Gasteiger partial charge in [0.15, 0.2) is 0 Å². The number of rotatable bonds is 4. The van der Waals surface area contributed by atoms with E-state index in [0.717, 1.165) is 25.1 Å². The molecule has 0 spiro atoms. The van der Waals surface area contributed by atoms with E-state index in [1.807, 2.05) is 6.92 Å². The summed E-state index contributed by atoms with van der Waals surface area (Å²) < 4.78 is 18.7. The van der Waals surface area contributed by atoms with Crippen LogP contribution in [0.1, 0.15) is 37.8 Å². The lowest BCUT2D eigenvalue weighted by atomic mass is 10.1. The lowest BCUT2D eigenvalue weighted by molar-refractivity contribution is 0.0156. The van der Waals surface area contributed by atoms with E-state index in [1.54, 1.807) is 12.1 Å². The second-order valence-corrected chi connectivity index (χ2v) is 5.20. The Kier molecular flexibility index (Phi) is 4.98. The molecule has 2 nitrogen and oxygen atoms in total. The van der Waals surface area contributed by atoms with Gasteiger partial charge in [0, 0.05) is 19.2 Å². The molecule has 1 aromatic carbocycles. The van der Waals surface area contributed by atoms with Crippen molar-refractivity contribution >= 4 is 11.6 Å². The van der Waals surface area contributed by atoms with Crippen molar-refractivity contribution in [2.24, 2.45) is 0 Å². The summed E-state index contributed by atoms with van der Waals surface area (Å²) in [6, 6.07) is 5.00. The van der Waals surface area contributed by atoms with Crippen molar-refractivity contribution in [2.45, 2.75) is 38.3 Å². The number of benzene rings is 1. The summed E-state index contributed by atoms with van der Waals surface area (Å²) in [7, 11) is 0. The van der Waals surface area contributed by atoms with Gasteiger partial charge in [0.05, 0.1) is 11.1 Å². The molecule has 1 saturated heterocycles. The molecule has 2 atom stereocenters. The van der Waals surface area contributed by atoms with Crippen molar-refractivity contribution in [3.63, 3.8) is 0 Å². The smallest absolute Gasteiger partial charge is 0.141 e.